The van der Waals surface area contributed by atoms with Crippen molar-refractivity contribution in [2.24, 2.45) is 0 Å². The standard InChI is InChI=1S/C22H29N3O4S2/c26-22(17-24(15-19-7-4-12-29-19)16-20-8-5-13-30-20)23-18-6-3-9-21(14-18)31(27,28)25-10-1-2-11-25/h3,5-6,8-9,13-14,19H,1-2,4,7,10-12,15-17H2,(H,23,26)/t19-/m1/s1. The molecule has 0 aliphatic carbocycles. The average Bonchev–Trinajstić information content (AvgIpc) is 3.52. The number of amides is 1. The van der Waals surface area contributed by atoms with Crippen LogP contribution < -0.4 is 5.32 Å². The van der Waals surface area contributed by atoms with Gasteiger partial charge >= 0.3 is 0 Å². The van der Waals surface area contributed by atoms with E-state index in [2.05, 4.69) is 16.3 Å². The quantitative estimate of drug-likeness (QED) is 0.618. The molecule has 2 aliphatic rings. The second-order valence-electron chi connectivity index (χ2n) is 8.07. The van der Waals surface area contributed by atoms with Crippen LogP contribution in [0.2, 0.25) is 0 Å². The maximum absolute atomic E-state index is 12.8. The molecule has 1 atom stereocenters. The third-order valence-electron chi connectivity index (χ3n) is 5.63. The smallest absolute Gasteiger partial charge is 0.243 e. The number of carbonyl (C=O) groups excluding carboxylic acids is 1. The third-order valence-corrected chi connectivity index (χ3v) is 8.39. The molecule has 2 aliphatic heterocycles. The maximum Gasteiger partial charge on any atom is 0.243 e. The van der Waals surface area contributed by atoms with Gasteiger partial charge in [0.1, 0.15) is 0 Å². The van der Waals surface area contributed by atoms with Gasteiger partial charge in [-0.3, -0.25) is 9.69 Å². The highest BCUT2D eigenvalue weighted by Crippen LogP contribution is 2.23. The van der Waals surface area contributed by atoms with Gasteiger partial charge in [-0.1, -0.05) is 12.1 Å². The lowest BCUT2D eigenvalue weighted by Crippen LogP contribution is -2.37. The zero-order chi connectivity index (χ0) is 21.7. The number of hydrogen-bond donors (Lipinski definition) is 1. The summed E-state index contributed by atoms with van der Waals surface area (Å²) in [4.78, 5) is 16.3. The predicted molar refractivity (Wildman–Crippen MR) is 122 cm³/mol. The Morgan fingerprint density at radius 1 is 1.19 bits per heavy atom. The van der Waals surface area contributed by atoms with Crippen LogP contribution in [-0.2, 0) is 26.1 Å². The summed E-state index contributed by atoms with van der Waals surface area (Å²) in [5.74, 6) is -0.162. The molecule has 1 N–H and O–H groups in total. The van der Waals surface area contributed by atoms with E-state index in [1.165, 1.54) is 9.18 Å². The normalized spacial score (nSPS) is 19.8. The summed E-state index contributed by atoms with van der Waals surface area (Å²) in [5.41, 5.74) is 0.499. The lowest BCUT2D eigenvalue weighted by Gasteiger charge is -2.24. The molecular weight excluding hydrogens is 434 g/mol. The van der Waals surface area contributed by atoms with Crippen LogP contribution in [-0.4, -0.2) is 62.4 Å². The summed E-state index contributed by atoms with van der Waals surface area (Å²) >= 11 is 1.67. The van der Waals surface area contributed by atoms with Crippen LogP contribution in [0.1, 0.15) is 30.6 Å². The Labute approximate surface area is 188 Å². The van der Waals surface area contributed by atoms with Crippen LogP contribution in [0.3, 0.4) is 0 Å². The van der Waals surface area contributed by atoms with Gasteiger partial charge in [0.25, 0.3) is 0 Å². The molecule has 0 unspecified atom stereocenters. The summed E-state index contributed by atoms with van der Waals surface area (Å²) in [6, 6.07) is 10.6. The van der Waals surface area contributed by atoms with Crippen molar-refractivity contribution in [3.8, 4) is 0 Å². The Morgan fingerprint density at radius 2 is 2.03 bits per heavy atom. The highest BCUT2D eigenvalue weighted by Gasteiger charge is 2.27. The molecule has 9 heteroatoms. The van der Waals surface area contributed by atoms with Crippen molar-refractivity contribution in [3.63, 3.8) is 0 Å². The summed E-state index contributed by atoms with van der Waals surface area (Å²) in [5, 5.41) is 4.91. The first-order chi connectivity index (χ1) is 15.0. The predicted octanol–water partition coefficient (Wildman–Crippen LogP) is 3.15. The molecule has 0 saturated carbocycles. The zero-order valence-corrected chi connectivity index (χ0v) is 19.2. The van der Waals surface area contributed by atoms with E-state index in [0.717, 1.165) is 32.3 Å². The van der Waals surface area contributed by atoms with Gasteiger partial charge in [-0.05, 0) is 55.3 Å². The molecule has 4 rings (SSSR count). The number of rotatable bonds is 9. The zero-order valence-electron chi connectivity index (χ0n) is 17.5. The van der Waals surface area contributed by atoms with Crippen molar-refractivity contribution in [1.29, 1.82) is 0 Å². The number of nitrogens with zero attached hydrogens (tertiary/aromatic N) is 2. The largest absolute Gasteiger partial charge is 0.377 e. The first kappa shape index (κ1) is 22.4. The Bertz CT molecular complexity index is 966. The van der Waals surface area contributed by atoms with Crippen LogP contribution in [0.4, 0.5) is 5.69 Å². The lowest BCUT2D eigenvalue weighted by atomic mass is 10.2. The molecule has 0 bridgehead atoms. The van der Waals surface area contributed by atoms with E-state index in [4.69, 9.17) is 4.74 Å². The third kappa shape index (κ3) is 5.93. The van der Waals surface area contributed by atoms with Gasteiger partial charge in [-0.25, -0.2) is 8.42 Å². The van der Waals surface area contributed by atoms with Crippen LogP contribution in [0.25, 0.3) is 0 Å². The molecule has 7 nitrogen and oxygen atoms in total. The van der Waals surface area contributed by atoms with E-state index in [-0.39, 0.29) is 23.5 Å². The van der Waals surface area contributed by atoms with E-state index in [1.54, 1.807) is 35.6 Å². The fraction of sp³-hybridized carbons (Fsp3) is 0.500. The molecule has 2 aromatic rings. The summed E-state index contributed by atoms with van der Waals surface area (Å²) < 4.78 is 32.9. The first-order valence-corrected chi connectivity index (χ1v) is 13.1. The van der Waals surface area contributed by atoms with Gasteiger partial charge in [0.15, 0.2) is 0 Å². The van der Waals surface area contributed by atoms with Gasteiger partial charge in [0, 0.05) is 43.4 Å². The van der Waals surface area contributed by atoms with Crippen molar-refractivity contribution in [2.75, 3.05) is 38.1 Å². The Morgan fingerprint density at radius 3 is 2.74 bits per heavy atom. The summed E-state index contributed by atoms with van der Waals surface area (Å²) in [7, 11) is -3.51. The summed E-state index contributed by atoms with van der Waals surface area (Å²) in [6.45, 7) is 3.51. The van der Waals surface area contributed by atoms with E-state index >= 15 is 0 Å². The van der Waals surface area contributed by atoms with E-state index in [9.17, 15) is 13.2 Å². The number of nitrogens with one attached hydrogen (secondary N) is 1. The number of ether oxygens (including phenoxy) is 1. The van der Waals surface area contributed by atoms with Gasteiger partial charge < -0.3 is 10.1 Å². The fourth-order valence-electron chi connectivity index (χ4n) is 4.10. The van der Waals surface area contributed by atoms with E-state index < -0.39 is 10.0 Å². The van der Waals surface area contributed by atoms with Crippen molar-refractivity contribution in [3.05, 3.63) is 46.7 Å². The number of benzene rings is 1. The van der Waals surface area contributed by atoms with Crippen LogP contribution in [0.15, 0.2) is 46.7 Å². The van der Waals surface area contributed by atoms with Gasteiger partial charge in [0.2, 0.25) is 15.9 Å². The molecule has 1 amide bonds. The van der Waals surface area contributed by atoms with Crippen molar-refractivity contribution in [1.82, 2.24) is 9.21 Å². The highest BCUT2D eigenvalue weighted by atomic mass is 32.2. The molecule has 31 heavy (non-hydrogen) atoms. The van der Waals surface area contributed by atoms with Crippen molar-refractivity contribution >= 4 is 33.0 Å². The average molecular weight is 464 g/mol. The maximum atomic E-state index is 12.8. The molecule has 2 fully saturated rings. The fourth-order valence-corrected chi connectivity index (χ4v) is 6.41. The first-order valence-electron chi connectivity index (χ1n) is 10.8. The van der Waals surface area contributed by atoms with Gasteiger partial charge in [0.05, 0.1) is 17.5 Å². The van der Waals surface area contributed by atoms with Crippen molar-refractivity contribution < 1.29 is 17.9 Å². The molecular formula is C22H29N3O4S2. The van der Waals surface area contributed by atoms with Crippen LogP contribution in [0, 0.1) is 0 Å². The molecule has 2 saturated heterocycles. The van der Waals surface area contributed by atoms with Crippen LogP contribution in [0.5, 0.6) is 0 Å². The van der Waals surface area contributed by atoms with Crippen LogP contribution >= 0.6 is 11.3 Å². The van der Waals surface area contributed by atoms with Gasteiger partial charge in [-0.2, -0.15) is 4.31 Å². The summed E-state index contributed by atoms with van der Waals surface area (Å²) in [6.07, 6.45) is 4.00. The SMILES string of the molecule is O=C(CN(Cc1cccs1)C[C@H]1CCCO1)Nc1cccc(S(=O)(=O)N2CCCC2)c1. The molecule has 0 spiro atoms. The molecule has 0 radical (unpaired) electrons. The topological polar surface area (TPSA) is 79.0 Å². The molecule has 3 heterocycles. The monoisotopic (exact) mass is 463 g/mol. The van der Waals surface area contributed by atoms with E-state index in [1.807, 2.05) is 11.4 Å². The number of carbonyl (C=O) groups is 1. The lowest BCUT2D eigenvalue weighted by molar-refractivity contribution is -0.117. The second kappa shape index (κ2) is 10.2. The minimum Gasteiger partial charge on any atom is -0.377 e. The second-order valence-corrected chi connectivity index (χ2v) is 11.0. The minimum atomic E-state index is -3.51. The Balaban J connectivity index is 1.41. The highest BCUT2D eigenvalue weighted by molar-refractivity contribution is 7.89. The number of sulfonamides is 1. The molecule has 1 aromatic carbocycles. The minimum absolute atomic E-state index is 0.154. The van der Waals surface area contributed by atoms with Gasteiger partial charge in [-0.15, -0.1) is 11.3 Å². The van der Waals surface area contributed by atoms with E-state index in [0.29, 0.717) is 31.9 Å². The number of hydrogen-bond acceptors (Lipinski definition) is 6. The molecule has 1 aromatic heterocycles. The number of thiophene rings is 1. The molecule has 168 valence electrons. The number of anilines is 1. The Hall–Kier alpha value is -1.78. The Kier molecular flexibility index (Phi) is 7.39. The van der Waals surface area contributed by atoms with Crippen molar-refractivity contribution in [2.45, 2.75) is 43.2 Å².